The predicted octanol–water partition coefficient (Wildman–Crippen LogP) is 1.57. The zero-order valence-electron chi connectivity index (χ0n) is 12.1. The second kappa shape index (κ2) is 6.73. The molecule has 1 amide bonds. The van der Waals surface area contributed by atoms with Crippen molar-refractivity contribution >= 4 is 5.91 Å². The Morgan fingerprint density at radius 3 is 2.86 bits per heavy atom. The van der Waals surface area contributed by atoms with Crippen LogP contribution in [0.5, 0.6) is 0 Å². The van der Waals surface area contributed by atoms with Gasteiger partial charge in [0.1, 0.15) is 5.76 Å². The maximum atomic E-state index is 12.2. The van der Waals surface area contributed by atoms with E-state index < -0.39 is 0 Å². The molecule has 5 heteroatoms. The molecule has 0 aliphatic heterocycles. The molecule has 1 heterocycles. The van der Waals surface area contributed by atoms with Crippen LogP contribution in [-0.2, 0) is 6.54 Å². The van der Waals surface area contributed by atoms with Gasteiger partial charge in [-0.15, -0.1) is 0 Å². The first-order valence-electron chi connectivity index (χ1n) is 6.57. The molecule has 0 saturated heterocycles. The smallest absolute Gasteiger partial charge is 0.276 e. The number of carbonyl (C=O) groups is 1. The van der Waals surface area contributed by atoms with Gasteiger partial charge in [-0.05, 0) is 18.6 Å². The van der Waals surface area contributed by atoms with Gasteiger partial charge in [0.2, 0.25) is 0 Å². The number of aryl methyl sites for hydroxylation is 1. The number of aromatic nitrogens is 1. The van der Waals surface area contributed by atoms with Gasteiger partial charge in [-0.3, -0.25) is 4.79 Å². The first kappa shape index (κ1) is 14.8. The second-order valence-electron chi connectivity index (χ2n) is 4.65. The molecule has 0 aliphatic carbocycles. The summed E-state index contributed by atoms with van der Waals surface area (Å²) in [6.45, 7) is 2.50. The summed E-state index contributed by atoms with van der Waals surface area (Å²) >= 11 is 0. The van der Waals surface area contributed by atoms with Crippen molar-refractivity contribution in [3.63, 3.8) is 0 Å². The van der Waals surface area contributed by atoms with E-state index in [0.717, 1.165) is 11.1 Å². The summed E-state index contributed by atoms with van der Waals surface area (Å²) in [4.78, 5) is 13.8. The summed E-state index contributed by atoms with van der Waals surface area (Å²) in [6.07, 6.45) is 0. The molecule has 0 unspecified atom stereocenters. The number of nitrogens with zero attached hydrogens (tertiary/aromatic N) is 2. The maximum absolute atomic E-state index is 12.2. The average molecular weight is 283 g/mol. The minimum absolute atomic E-state index is 0.187. The molecular weight excluding hydrogens is 266 g/mol. The van der Waals surface area contributed by atoms with Crippen LogP contribution in [0.2, 0.25) is 0 Å². The van der Waals surface area contributed by atoms with Gasteiger partial charge in [0.25, 0.3) is 5.91 Å². The summed E-state index contributed by atoms with van der Waals surface area (Å²) in [6, 6.07) is 9.31. The van der Waals surface area contributed by atoms with Crippen LogP contribution in [0.3, 0.4) is 0 Å². The molecule has 2 aromatic rings. The predicted molar refractivity (Wildman–Crippen MR) is 79.4 cm³/mol. The van der Waals surface area contributed by atoms with Crippen LogP contribution in [-0.4, -0.2) is 29.6 Å². The molecule has 5 nitrogen and oxygen atoms in total. The van der Waals surface area contributed by atoms with Crippen LogP contribution in [0.4, 0.5) is 0 Å². The molecule has 108 valence electrons. The Hall–Kier alpha value is -2.58. The lowest BCUT2D eigenvalue weighted by Crippen LogP contribution is -2.26. The van der Waals surface area contributed by atoms with Gasteiger partial charge in [-0.1, -0.05) is 35.2 Å². The van der Waals surface area contributed by atoms with Gasteiger partial charge in [0.15, 0.2) is 5.69 Å². The monoisotopic (exact) mass is 283 g/mol. The number of rotatable bonds is 3. The zero-order chi connectivity index (χ0) is 15.2. The molecule has 0 spiro atoms. The van der Waals surface area contributed by atoms with Crippen molar-refractivity contribution in [2.75, 3.05) is 13.6 Å². The van der Waals surface area contributed by atoms with Crippen molar-refractivity contribution in [2.45, 2.75) is 13.5 Å². The van der Waals surface area contributed by atoms with Crippen LogP contribution < -0.4 is 5.73 Å². The Morgan fingerprint density at radius 2 is 2.19 bits per heavy atom. The van der Waals surface area contributed by atoms with Gasteiger partial charge in [0, 0.05) is 25.2 Å². The molecule has 2 N–H and O–H groups in total. The van der Waals surface area contributed by atoms with Crippen LogP contribution >= 0.6 is 0 Å². The lowest BCUT2D eigenvalue weighted by molar-refractivity contribution is 0.0774. The summed E-state index contributed by atoms with van der Waals surface area (Å²) in [5.74, 6) is 6.27. The summed E-state index contributed by atoms with van der Waals surface area (Å²) in [7, 11) is 1.72. The zero-order valence-corrected chi connectivity index (χ0v) is 12.1. The highest BCUT2D eigenvalue weighted by Crippen LogP contribution is 2.12. The lowest BCUT2D eigenvalue weighted by atomic mass is 10.1. The number of amides is 1. The standard InChI is InChI=1S/C16H17N3O2/c1-12-10-15(18-21-12)16(20)19(2)11-14-7-4-3-6-13(14)8-5-9-17/h3-4,6-7,10H,9,11,17H2,1-2H3. The lowest BCUT2D eigenvalue weighted by Gasteiger charge is -2.16. The molecule has 0 aliphatic rings. The van der Waals surface area contributed by atoms with Crippen molar-refractivity contribution in [1.82, 2.24) is 10.1 Å². The molecule has 0 radical (unpaired) electrons. The Kier molecular flexibility index (Phi) is 4.75. The van der Waals surface area contributed by atoms with Crippen molar-refractivity contribution in [3.8, 4) is 11.8 Å². The minimum atomic E-state index is -0.187. The van der Waals surface area contributed by atoms with Gasteiger partial charge in [-0.2, -0.15) is 0 Å². The van der Waals surface area contributed by atoms with E-state index in [1.165, 1.54) is 0 Å². The van der Waals surface area contributed by atoms with E-state index in [1.54, 1.807) is 24.9 Å². The molecule has 1 aromatic heterocycles. The number of nitrogens with two attached hydrogens (primary N) is 1. The highest BCUT2D eigenvalue weighted by Gasteiger charge is 2.16. The molecule has 0 saturated carbocycles. The molecule has 0 fully saturated rings. The van der Waals surface area contributed by atoms with Crippen molar-refractivity contribution in [2.24, 2.45) is 5.73 Å². The molecular formula is C16H17N3O2. The fourth-order valence-corrected chi connectivity index (χ4v) is 1.92. The highest BCUT2D eigenvalue weighted by molar-refractivity contribution is 5.92. The number of hydrogen-bond donors (Lipinski definition) is 1. The number of hydrogen-bond acceptors (Lipinski definition) is 4. The fourth-order valence-electron chi connectivity index (χ4n) is 1.92. The van der Waals surface area contributed by atoms with E-state index in [4.69, 9.17) is 10.3 Å². The number of carbonyl (C=O) groups excluding carboxylic acids is 1. The molecule has 1 aromatic carbocycles. The SMILES string of the molecule is Cc1cc(C(=O)N(C)Cc2ccccc2C#CCN)no1. The third-order valence-electron chi connectivity index (χ3n) is 2.94. The Morgan fingerprint density at radius 1 is 1.43 bits per heavy atom. The maximum Gasteiger partial charge on any atom is 0.276 e. The van der Waals surface area contributed by atoms with Gasteiger partial charge < -0.3 is 15.2 Å². The first-order valence-corrected chi connectivity index (χ1v) is 6.57. The molecule has 0 atom stereocenters. The first-order chi connectivity index (χ1) is 10.1. The van der Waals surface area contributed by atoms with E-state index in [-0.39, 0.29) is 5.91 Å². The fraction of sp³-hybridized carbons (Fsp3) is 0.250. The van der Waals surface area contributed by atoms with Crippen molar-refractivity contribution in [3.05, 3.63) is 52.9 Å². The quantitative estimate of drug-likeness (QED) is 0.868. The van der Waals surface area contributed by atoms with Gasteiger partial charge >= 0.3 is 0 Å². The van der Waals surface area contributed by atoms with Crippen molar-refractivity contribution < 1.29 is 9.32 Å². The summed E-state index contributed by atoms with van der Waals surface area (Å²) in [5.41, 5.74) is 7.54. The Bertz CT molecular complexity index is 695. The van der Waals surface area contributed by atoms with Gasteiger partial charge in [-0.25, -0.2) is 0 Å². The normalized spacial score (nSPS) is 9.86. The molecule has 0 bridgehead atoms. The van der Waals surface area contributed by atoms with E-state index in [9.17, 15) is 4.79 Å². The van der Waals surface area contributed by atoms with Crippen LogP contribution in [0.1, 0.15) is 27.4 Å². The minimum Gasteiger partial charge on any atom is -0.361 e. The van der Waals surface area contributed by atoms with Crippen LogP contribution in [0, 0.1) is 18.8 Å². The number of benzene rings is 1. The molecule has 2 rings (SSSR count). The third kappa shape index (κ3) is 3.71. The van der Waals surface area contributed by atoms with E-state index >= 15 is 0 Å². The van der Waals surface area contributed by atoms with E-state index in [0.29, 0.717) is 24.5 Å². The molecule has 21 heavy (non-hydrogen) atoms. The summed E-state index contributed by atoms with van der Waals surface area (Å²) in [5, 5.41) is 3.74. The van der Waals surface area contributed by atoms with Crippen LogP contribution in [0.15, 0.2) is 34.9 Å². The van der Waals surface area contributed by atoms with Crippen LogP contribution in [0.25, 0.3) is 0 Å². The highest BCUT2D eigenvalue weighted by atomic mass is 16.5. The Balaban J connectivity index is 2.16. The summed E-state index contributed by atoms with van der Waals surface area (Å²) < 4.78 is 4.93. The van der Waals surface area contributed by atoms with Crippen molar-refractivity contribution in [1.29, 1.82) is 0 Å². The average Bonchev–Trinajstić information content (AvgIpc) is 2.92. The third-order valence-corrected chi connectivity index (χ3v) is 2.94. The second-order valence-corrected chi connectivity index (χ2v) is 4.65. The topological polar surface area (TPSA) is 72.4 Å². The van der Waals surface area contributed by atoms with E-state index in [2.05, 4.69) is 17.0 Å². The van der Waals surface area contributed by atoms with Gasteiger partial charge in [0.05, 0.1) is 6.54 Å². The van der Waals surface area contributed by atoms with E-state index in [1.807, 2.05) is 24.3 Å². The largest absolute Gasteiger partial charge is 0.361 e. The Labute approximate surface area is 123 Å².